The minimum absolute atomic E-state index is 0.195. The Morgan fingerprint density at radius 2 is 1.67 bits per heavy atom. The first-order valence-electron chi connectivity index (χ1n) is 11.8. The van der Waals surface area contributed by atoms with Crippen LogP contribution in [0.3, 0.4) is 0 Å². The third-order valence-corrected chi connectivity index (χ3v) is 8.82. The van der Waals surface area contributed by atoms with E-state index >= 15 is 0 Å². The van der Waals surface area contributed by atoms with Crippen molar-refractivity contribution in [3.63, 3.8) is 0 Å². The standard InChI is InChI=1S/C28H32O2/c1-27-15-13-24-23-11-9-21(8-7-20-5-3-2-4-6-20)19-22(23)10-12-25(24)26(27)14-16-28(27)29-17-18-30-28/h2-9,11,19,24-26H,10,12-18H2,1H3/t24-,25-,26+,27+/m1/s1. The fourth-order valence-corrected chi connectivity index (χ4v) is 7.35. The molecule has 30 heavy (non-hydrogen) atoms. The van der Waals surface area contributed by atoms with E-state index in [9.17, 15) is 0 Å². The highest BCUT2D eigenvalue weighted by molar-refractivity contribution is 5.70. The van der Waals surface area contributed by atoms with Crippen LogP contribution in [0.1, 0.15) is 67.2 Å². The third-order valence-electron chi connectivity index (χ3n) is 8.82. The number of benzene rings is 2. The first kappa shape index (κ1) is 18.8. The second-order valence-corrected chi connectivity index (χ2v) is 10.1. The van der Waals surface area contributed by atoms with Crippen LogP contribution in [0.5, 0.6) is 0 Å². The Hall–Kier alpha value is -1.90. The Labute approximate surface area is 180 Å². The van der Waals surface area contributed by atoms with Crippen molar-refractivity contribution in [1.29, 1.82) is 0 Å². The SMILES string of the molecule is C[C@]12CC[C@@H]3c4ccc(C=Cc5ccccc5)cc4CC[C@H]3[C@@H]1CCC21OCCO1. The van der Waals surface area contributed by atoms with Crippen molar-refractivity contribution < 1.29 is 9.47 Å². The molecular weight excluding hydrogens is 368 g/mol. The molecule has 1 saturated heterocycles. The summed E-state index contributed by atoms with van der Waals surface area (Å²) in [6.07, 6.45) is 11.9. The highest BCUT2D eigenvalue weighted by Gasteiger charge is 2.64. The Bertz CT molecular complexity index is 956. The number of fused-ring (bicyclic) bond motifs is 6. The fraction of sp³-hybridized carbons (Fsp3) is 0.500. The van der Waals surface area contributed by atoms with Gasteiger partial charge in [-0.3, -0.25) is 0 Å². The molecule has 4 atom stereocenters. The summed E-state index contributed by atoms with van der Waals surface area (Å²) < 4.78 is 12.5. The van der Waals surface area contributed by atoms with Crippen LogP contribution in [-0.4, -0.2) is 19.0 Å². The Balaban J connectivity index is 1.26. The van der Waals surface area contributed by atoms with Gasteiger partial charge in [-0.25, -0.2) is 0 Å². The molecule has 1 heterocycles. The molecule has 156 valence electrons. The van der Waals surface area contributed by atoms with Gasteiger partial charge in [-0.05, 0) is 72.1 Å². The molecule has 2 saturated carbocycles. The van der Waals surface area contributed by atoms with Gasteiger partial charge in [-0.15, -0.1) is 0 Å². The lowest BCUT2D eigenvalue weighted by atomic mass is 9.55. The molecule has 3 aliphatic carbocycles. The molecule has 0 N–H and O–H groups in total. The van der Waals surface area contributed by atoms with E-state index in [1.807, 2.05) is 0 Å². The Morgan fingerprint density at radius 3 is 2.50 bits per heavy atom. The monoisotopic (exact) mass is 400 g/mol. The van der Waals surface area contributed by atoms with Crippen LogP contribution in [0.15, 0.2) is 48.5 Å². The van der Waals surface area contributed by atoms with Crippen LogP contribution in [0.4, 0.5) is 0 Å². The van der Waals surface area contributed by atoms with Crippen LogP contribution >= 0.6 is 0 Å². The summed E-state index contributed by atoms with van der Waals surface area (Å²) >= 11 is 0. The van der Waals surface area contributed by atoms with Gasteiger partial charge in [-0.1, -0.05) is 67.6 Å². The van der Waals surface area contributed by atoms with Crippen molar-refractivity contribution >= 4 is 12.2 Å². The molecule has 0 amide bonds. The minimum Gasteiger partial charge on any atom is -0.347 e. The van der Waals surface area contributed by atoms with E-state index in [1.165, 1.54) is 43.2 Å². The molecule has 0 aromatic heterocycles. The molecule has 2 aromatic carbocycles. The zero-order chi connectivity index (χ0) is 20.2. The molecular formula is C28H32O2. The van der Waals surface area contributed by atoms with Gasteiger partial charge in [0.25, 0.3) is 0 Å². The summed E-state index contributed by atoms with van der Waals surface area (Å²) in [6, 6.07) is 17.8. The third kappa shape index (κ3) is 2.77. The Kier molecular flexibility index (Phi) is 4.44. The number of hydrogen-bond acceptors (Lipinski definition) is 2. The molecule has 2 nitrogen and oxygen atoms in total. The van der Waals surface area contributed by atoms with Gasteiger partial charge in [0, 0.05) is 11.8 Å². The minimum atomic E-state index is -0.283. The van der Waals surface area contributed by atoms with Gasteiger partial charge < -0.3 is 9.47 Å². The van der Waals surface area contributed by atoms with Gasteiger partial charge in [0.2, 0.25) is 0 Å². The van der Waals surface area contributed by atoms with Crippen LogP contribution in [0.2, 0.25) is 0 Å². The maximum atomic E-state index is 6.27. The van der Waals surface area contributed by atoms with E-state index in [0.29, 0.717) is 0 Å². The quantitative estimate of drug-likeness (QED) is 0.539. The summed E-state index contributed by atoms with van der Waals surface area (Å²) in [6.45, 7) is 4.02. The second kappa shape index (κ2) is 7.07. The second-order valence-electron chi connectivity index (χ2n) is 10.1. The normalized spacial score (nSPS) is 34.1. The van der Waals surface area contributed by atoms with Gasteiger partial charge in [0.1, 0.15) is 0 Å². The zero-order valence-electron chi connectivity index (χ0n) is 18.0. The van der Waals surface area contributed by atoms with Crippen molar-refractivity contribution in [2.75, 3.05) is 13.2 Å². The Morgan fingerprint density at radius 1 is 0.867 bits per heavy atom. The van der Waals surface area contributed by atoms with E-state index in [4.69, 9.17) is 9.47 Å². The lowest BCUT2D eigenvalue weighted by Crippen LogP contribution is -2.51. The van der Waals surface area contributed by atoms with Crippen LogP contribution in [0.25, 0.3) is 12.2 Å². The lowest BCUT2D eigenvalue weighted by Gasteiger charge is -2.52. The molecule has 0 radical (unpaired) electrons. The van der Waals surface area contributed by atoms with Crippen molar-refractivity contribution in [3.05, 3.63) is 70.8 Å². The average molecular weight is 401 g/mol. The molecule has 0 unspecified atom stereocenters. The van der Waals surface area contributed by atoms with E-state index < -0.39 is 0 Å². The number of aryl methyl sites for hydroxylation is 1. The van der Waals surface area contributed by atoms with Gasteiger partial charge >= 0.3 is 0 Å². The predicted octanol–water partition coefficient (Wildman–Crippen LogP) is 6.46. The summed E-state index contributed by atoms with van der Waals surface area (Å²) in [7, 11) is 0. The molecule has 2 aromatic rings. The summed E-state index contributed by atoms with van der Waals surface area (Å²) in [5.74, 6) is 1.96. The maximum Gasteiger partial charge on any atom is 0.174 e. The molecule has 2 heteroatoms. The first-order valence-corrected chi connectivity index (χ1v) is 11.8. The molecule has 4 aliphatic rings. The van der Waals surface area contributed by atoms with Gasteiger partial charge in [0.05, 0.1) is 13.2 Å². The lowest BCUT2D eigenvalue weighted by molar-refractivity contribution is -0.237. The molecule has 0 bridgehead atoms. The van der Waals surface area contributed by atoms with Gasteiger partial charge in [-0.2, -0.15) is 0 Å². The molecule has 1 spiro atoms. The van der Waals surface area contributed by atoms with Crippen molar-refractivity contribution in [3.8, 4) is 0 Å². The van der Waals surface area contributed by atoms with E-state index in [2.05, 4.69) is 67.6 Å². The maximum absolute atomic E-state index is 6.27. The molecule has 3 fully saturated rings. The van der Waals surface area contributed by atoms with Crippen molar-refractivity contribution in [2.24, 2.45) is 17.3 Å². The van der Waals surface area contributed by atoms with E-state index in [-0.39, 0.29) is 11.2 Å². The van der Waals surface area contributed by atoms with E-state index in [1.54, 1.807) is 11.1 Å². The number of rotatable bonds is 2. The zero-order valence-corrected chi connectivity index (χ0v) is 18.0. The van der Waals surface area contributed by atoms with E-state index in [0.717, 1.165) is 37.4 Å². The molecule has 6 rings (SSSR count). The van der Waals surface area contributed by atoms with Crippen LogP contribution in [-0.2, 0) is 15.9 Å². The largest absolute Gasteiger partial charge is 0.347 e. The first-order chi connectivity index (χ1) is 14.7. The van der Waals surface area contributed by atoms with Crippen molar-refractivity contribution in [2.45, 2.75) is 57.2 Å². The highest BCUT2D eigenvalue weighted by Crippen LogP contribution is 2.66. The fourth-order valence-electron chi connectivity index (χ4n) is 7.35. The average Bonchev–Trinajstić information content (AvgIpc) is 3.38. The van der Waals surface area contributed by atoms with Gasteiger partial charge in [0.15, 0.2) is 5.79 Å². The summed E-state index contributed by atoms with van der Waals surface area (Å²) in [4.78, 5) is 0. The summed E-state index contributed by atoms with van der Waals surface area (Å²) in [5.41, 5.74) is 5.98. The number of hydrogen-bond donors (Lipinski definition) is 0. The topological polar surface area (TPSA) is 18.5 Å². The predicted molar refractivity (Wildman–Crippen MR) is 121 cm³/mol. The number of ether oxygens (including phenoxy) is 2. The summed E-state index contributed by atoms with van der Waals surface area (Å²) in [5, 5.41) is 0. The highest BCUT2D eigenvalue weighted by atomic mass is 16.7. The molecule has 1 aliphatic heterocycles. The smallest absolute Gasteiger partial charge is 0.174 e. The van der Waals surface area contributed by atoms with Crippen molar-refractivity contribution in [1.82, 2.24) is 0 Å². The van der Waals surface area contributed by atoms with Crippen LogP contribution < -0.4 is 0 Å². The van der Waals surface area contributed by atoms with Crippen LogP contribution in [0, 0.1) is 17.3 Å².